The molecule has 6 heteroatoms. The SMILES string of the molecule is Cc1ccc(C2(N3CCN(C(Cc4ccccc4)C4=COCO4)CC3)C(=O)c3ccccc3C2=O)cc1. The van der Waals surface area contributed by atoms with E-state index in [0.29, 0.717) is 37.3 Å². The molecule has 6 nitrogen and oxygen atoms in total. The fraction of sp³-hybridized carbons (Fsp3) is 0.290. The Hall–Kier alpha value is -3.74. The fourth-order valence-corrected chi connectivity index (χ4v) is 5.94. The van der Waals surface area contributed by atoms with Gasteiger partial charge < -0.3 is 9.47 Å². The number of fused-ring (bicyclic) bond motifs is 1. The molecular formula is C31H30N2O4. The van der Waals surface area contributed by atoms with E-state index in [9.17, 15) is 9.59 Å². The van der Waals surface area contributed by atoms with Gasteiger partial charge in [-0.2, -0.15) is 0 Å². The lowest BCUT2D eigenvalue weighted by Gasteiger charge is -2.45. The molecule has 0 N–H and O–H groups in total. The van der Waals surface area contributed by atoms with E-state index in [1.807, 2.05) is 61.5 Å². The quantitative estimate of drug-likeness (QED) is 0.475. The summed E-state index contributed by atoms with van der Waals surface area (Å²) in [5, 5.41) is 0. The monoisotopic (exact) mass is 494 g/mol. The van der Waals surface area contributed by atoms with Gasteiger partial charge in [0.2, 0.25) is 6.79 Å². The number of aryl methyl sites for hydroxylation is 1. The van der Waals surface area contributed by atoms with Gasteiger partial charge in [0.05, 0.1) is 6.04 Å². The van der Waals surface area contributed by atoms with Gasteiger partial charge in [-0.15, -0.1) is 0 Å². The van der Waals surface area contributed by atoms with Gasteiger partial charge in [-0.1, -0.05) is 84.4 Å². The molecule has 6 rings (SSSR count). The molecule has 37 heavy (non-hydrogen) atoms. The zero-order chi connectivity index (χ0) is 25.4. The molecule has 1 unspecified atom stereocenters. The van der Waals surface area contributed by atoms with Gasteiger partial charge in [0, 0.05) is 37.3 Å². The smallest absolute Gasteiger partial charge is 0.229 e. The Morgan fingerprint density at radius 1 is 0.811 bits per heavy atom. The van der Waals surface area contributed by atoms with Crippen LogP contribution in [0.4, 0.5) is 0 Å². The number of carbonyl (C=O) groups is 2. The van der Waals surface area contributed by atoms with Crippen molar-refractivity contribution in [2.45, 2.75) is 24.9 Å². The van der Waals surface area contributed by atoms with E-state index in [1.165, 1.54) is 5.56 Å². The lowest BCUT2D eigenvalue weighted by atomic mass is 9.82. The molecule has 0 saturated carbocycles. The molecule has 1 aliphatic carbocycles. The molecule has 188 valence electrons. The summed E-state index contributed by atoms with van der Waals surface area (Å²) in [7, 11) is 0. The number of hydrogen-bond acceptors (Lipinski definition) is 6. The number of nitrogens with zero attached hydrogens (tertiary/aromatic N) is 2. The van der Waals surface area contributed by atoms with Gasteiger partial charge in [-0.3, -0.25) is 19.4 Å². The molecule has 3 aromatic carbocycles. The molecule has 0 radical (unpaired) electrons. The van der Waals surface area contributed by atoms with Crippen LogP contribution in [-0.4, -0.2) is 60.4 Å². The summed E-state index contributed by atoms with van der Waals surface area (Å²) < 4.78 is 11.2. The summed E-state index contributed by atoms with van der Waals surface area (Å²) in [5.41, 5.74) is 2.76. The third kappa shape index (κ3) is 3.97. The number of hydrogen-bond donors (Lipinski definition) is 0. The van der Waals surface area contributed by atoms with Crippen LogP contribution in [0.5, 0.6) is 0 Å². The third-order valence-electron chi connectivity index (χ3n) is 7.87. The number of Topliss-reactive ketones (excluding diaryl/α,β-unsaturated/α-hetero) is 2. The Bertz CT molecular complexity index is 1310. The zero-order valence-corrected chi connectivity index (χ0v) is 20.9. The number of ketones is 2. The van der Waals surface area contributed by atoms with Gasteiger partial charge in [-0.25, -0.2) is 0 Å². The van der Waals surface area contributed by atoms with Crippen LogP contribution in [0.1, 0.15) is 37.4 Å². The Morgan fingerprint density at radius 3 is 2.03 bits per heavy atom. The number of rotatable bonds is 6. The van der Waals surface area contributed by atoms with Gasteiger partial charge in [0.1, 0.15) is 6.26 Å². The maximum atomic E-state index is 14.1. The lowest BCUT2D eigenvalue weighted by Crippen LogP contribution is -2.61. The summed E-state index contributed by atoms with van der Waals surface area (Å²) in [5.74, 6) is 0.578. The predicted molar refractivity (Wildman–Crippen MR) is 140 cm³/mol. The van der Waals surface area contributed by atoms with Gasteiger partial charge in [0.15, 0.2) is 22.9 Å². The second kappa shape index (κ2) is 9.61. The summed E-state index contributed by atoms with van der Waals surface area (Å²) >= 11 is 0. The Kier molecular flexibility index (Phi) is 6.14. The number of carbonyl (C=O) groups excluding carboxylic acids is 2. The second-order valence-corrected chi connectivity index (χ2v) is 9.96. The fourth-order valence-electron chi connectivity index (χ4n) is 5.94. The molecule has 1 fully saturated rings. The van der Waals surface area contributed by atoms with E-state index in [1.54, 1.807) is 18.4 Å². The molecular weight excluding hydrogens is 464 g/mol. The minimum absolute atomic E-state index is 0.0227. The molecule has 3 aliphatic rings. The van der Waals surface area contributed by atoms with Crippen LogP contribution >= 0.6 is 0 Å². The van der Waals surface area contributed by atoms with Crippen LogP contribution in [0, 0.1) is 6.92 Å². The van der Waals surface area contributed by atoms with Crippen molar-refractivity contribution in [2.75, 3.05) is 33.0 Å². The van der Waals surface area contributed by atoms with Crippen molar-refractivity contribution in [3.05, 3.63) is 119 Å². The van der Waals surface area contributed by atoms with Crippen molar-refractivity contribution >= 4 is 11.6 Å². The van der Waals surface area contributed by atoms with E-state index < -0.39 is 5.54 Å². The largest absolute Gasteiger partial charge is 0.462 e. The highest BCUT2D eigenvalue weighted by molar-refractivity contribution is 6.32. The Labute approximate surface area is 217 Å². The van der Waals surface area contributed by atoms with Crippen molar-refractivity contribution in [2.24, 2.45) is 0 Å². The van der Waals surface area contributed by atoms with Crippen molar-refractivity contribution in [1.82, 2.24) is 9.80 Å². The van der Waals surface area contributed by atoms with E-state index >= 15 is 0 Å². The highest BCUT2D eigenvalue weighted by atomic mass is 16.7. The third-order valence-corrected chi connectivity index (χ3v) is 7.87. The van der Waals surface area contributed by atoms with Crippen LogP contribution in [0.3, 0.4) is 0 Å². The average Bonchev–Trinajstić information content (AvgIpc) is 3.55. The summed E-state index contributed by atoms with van der Waals surface area (Å²) in [6.45, 7) is 4.81. The Balaban J connectivity index is 1.31. The number of ether oxygens (including phenoxy) is 2. The molecule has 0 spiro atoms. The van der Waals surface area contributed by atoms with Crippen molar-refractivity contribution < 1.29 is 19.1 Å². The molecule has 0 aromatic heterocycles. The van der Waals surface area contributed by atoms with Crippen LogP contribution in [0.25, 0.3) is 0 Å². The molecule has 1 saturated heterocycles. The van der Waals surface area contributed by atoms with Crippen molar-refractivity contribution in [3.63, 3.8) is 0 Å². The van der Waals surface area contributed by atoms with Crippen molar-refractivity contribution in [3.8, 4) is 0 Å². The highest BCUT2D eigenvalue weighted by Crippen LogP contribution is 2.43. The highest BCUT2D eigenvalue weighted by Gasteiger charge is 2.58. The van der Waals surface area contributed by atoms with E-state index in [2.05, 4.69) is 21.9 Å². The number of piperazine rings is 1. The first-order valence-electron chi connectivity index (χ1n) is 12.8. The lowest BCUT2D eigenvalue weighted by molar-refractivity contribution is 0.0137. The molecule has 3 aromatic rings. The van der Waals surface area contributed by atoms with E-state index in [4.69, 9.17) is 9.47 Å². The molecule has 2 aliphatic heterocycles. The maximum Gasteiger partial charge on any atom is 0.229 e. The van der Waals surface area contributed by atoms with Crippen LogP contribution < -0.4 is 0 Å². The first-order valence-corrected chi connectivity index (χ1v) is 12.8. The first-order chi connectivity index (χ1) is 18.1. The summed E-state index contributed by atoms with van der Waals surface area (Å²) in [6, 6.07) is 25.5. The minimum Gasteiger partial charge on any atom is -0.462 e. The summed E-state index contributed by atoms with van der Waals surface area (Å²) in [6.07, 6.45) is 2.51. The minimum atomic E-state index is -1.33. The van der Waals surface area contributed by atoms with Crippen LogP contribution in [0.15, 0.2) is 90.9 Å². The standard InChI is InChI=1S/C31H30N2O4/c1-22-11-13-24(14-12-22)31(29(34)25-9-5-6-10-26(25)30(31)35)33-17-15-32(16-18-33)27(28-20-36-21-37-28)19-23-7-3-2-4-8-23/h2-14,20,27H,15-19,21H2,1H3. The molecule has 0 bridgehead atoms. The normalized spacial score (nSPS) is 20.2. The zero-order valence-electron chi connectivity index (χ0n) is 20.9. The molecule has 0 amide bonds. The predicted octanol–water partition coefficient (Wildman–Crippen LogP) is 4.34. The van der Waals surface area contributed by atoms with E-state index in [-0.39, 0.29) is 24.4 Å². The number of benzene rings is 3. The maximum absolute atomic E-state index is 14.1. The average molecular weight is 495 g/mol. The molecule has 1 atom stereocenters. The first kappa shape index (κ1) is 23.6. The molecule has 2 heterocycles. The van der Waals surface area contributed by atoms with Gasteiger partial charge in [0.25, 0.3) is 0 Å². The van der Waals surface area contributed by atoms with Gasteiger partial charge >= 0.3 is 0 Å². The van der Waals surface area contributed by atoms with Gasteiger partial charge in [-0.05, 0) is 24.5 Å². The summed E-state index contributed by atoms with van der Waals surface area (Å²) in [4.78, 5) is 32.6. The van der Waals surface area contributed by atoms with Crippen LogP contribution in [-0.2, 0) is 21.4 Å². The van der Waals surface area contributed by atoms with Crippen molar-refractivity contribution in [1.29, 1.82) is 0 Å². The second-order valence-electron chi connectivity index (χ2n) is 9.96. The Morgan fingerprint density at radius 2 is 1.43 bits per heavy atom. The van der Waals surface area contributed by atoms with Crippen LogP contribution in [0.2, 0.25) is 0 Å². The van der Waals surface area contributed by atoms with E-state index in [0.717, 1.165) is 23.3 Å². The topological polar surface area (TPSA) is 59.1 Å².